The Kier molecular flexibility index (Phi) is 6.35. The van der Waals surface area contributed by atoms with E-state index in [1.165, 1.54) is 5.69 Å². The van der Waals surface area contributed by atoms with Crippen molar-refractivity contribution < 1.29 is 9.84 Å². The molecule has 2 aliphatic rings. The van der Waals surface area contributed by atoms with Crippen LogP contribution in [0.1, 0.15) is 37.8 Å². The van der Waals surface area contributed by atoms with Gasteiger partial charge < -0.3 is 14.7 Å². The first-order valence-electron chi connectivity index (χ1n) is 9.80. The fraction of sp³-hybridized carbons (Fsp3) is 0.842. The van der Waals surface area contributed by atoms with Gasteiger partial charge in [-0.05, 0) is 40.4 Å². The van der Waals surface area contributed by atoms with Crippen LogP contribution in [0.2, 0.25) is 0 Å². The van der Waals surface area contributed by atoms with Gasteiger partial charge >= 0.3 is 0 Å². The molecule has 1 unspecified atom stereocenters. The number of hydrogen-bond acceptors (Lipinski definition) is 6. The molecule has 1 N–H and O–H groups in total. The minimum atomic E-state index is -0.525. The van der Waals surface area contributed by atoms with Crippen molar-refractivity contribution in [1.82, 2.24) is 24.5 Å². The van der Waals surface area contributed by atoms with Crippen molar-refractivity contribution in [2.24, 2.45) is 0 Å². The van der Waals surface area contributed by atoms with Crippen molar-refractivity contribution in [3.05, 3.63) is 17.5 Å². The minimum absolute atomic E-state index is 0.131. The molecule has 3 rings (SSSR count). The predicted molar refractivity (Wildman–Crippen MR) is 102 cm³/mol. The lowest BCUT2D eigenvalue weighted by Gasteiger charge is -2.43. The second-order valence-corrected chi connectivity index (χ2v) is 8.54. The Hall–Kier alpha value is -0.990. The molecule has 1 atom stereocenters. The number of aromatic nitrogens is 2. The van der Waals surface area contributed by atoms with Crippen LogP contribution in [0.5, 0.6) is 0 Å². The summed E-state index contributed by atoms with van der Waals surface area (Å²) in [5.41, 5.74) is 2.14. The average Bonchev–Trinajstić information content (AvgIpc) is 2.89. The summed E-state index contributed by atoms with van der Waals surface area (Å²) in [7, 11) is 3.94. The van der Waals surface area contributed by atoms with Gasteiger partial charge in [-0.25, -0.2) is 0 Å². The fourth-order valence-electron chi connectivity index (χ4n) is 4.10. The summed E-state index contributed by atoms with van der Waals surface area (Å²) in [5, 5.41) is 15.1. The van der Waals surface area contributed by atoms with E-state index in [1.54, 1.807) is 0 Å². The van der Waals surface area contributed by atoms with Crippen molar-refractivity contribution in [2.75, 3.05) is 60.0 Å². The Labute approximate surface area is 157 Å². The van der Waals surface area contributed by atoms with Crippen molar-refractivity contribution >= 4 is 0 Å². The van der Waals surface area contributed by atoms with Gasteiger partial charge in [0.25, 0.3) is 0 Å². The zero-order valence-electron chi connectivity index (χ0n) is 16.8. The highest BCUT2D eigenvalue weighted by Crippen LogP contribution is 2.23. The van der Waals surface area contributed by atoms with Crippen LogP contribution >= 0.6 is 0 Å². The number of hydrogen-bond donors (Lipinski definition) is 1. The first kappa shape index (κ1) is 19.8. The van der Waals surface area contributed by atoms with Crippen LogP contribution < -0.4 is 0 Å². The topological polar surface area (TPSA) is 57.0 Å². The number of fused-ring (bicyclic) bond motifs is 1. The monoisotopic (exact) mass is 365 g/mol. The smallest absolute Gasteiger partial charge is 0.110 e. The normalized spacial score (nSPS) is 21.6. The Morgan fingerprint density at radius 1 is 1.23 bits per heavy atom. The van der Waals surface area contributed by atoms with E-state index in [0.29, 0.717) is 6.54 Å². The number of nitrogens with zero attached hydrogens (tertiary/aromatic N) is 5. The second-order valence-electron chi connectivity index (χ2n) is 8.54. The van der Waals surface area contributed by atoms with Crippen LogP contribution in [0, 0.1) is 0 Å². The van der Waals surface area contributed by atoms with Crippen LogP contribution in [0.3, 0.4) is 0 Å². The Morgan fingerprint density at radius 2 is 1.96 bits per heavy atom. The third kappa shape index (κ3) is 4.84. The summed E-state index contributed by atoms with van der Waals surface area (Å²) in [5.74, 6) is 0. The van der Waals surface area contributed by atoms with Gasteiger partial charge in [-0.1, -0.05) is 0 Å². The van der Waals surface area contributed by atoms with Crippen LogP contribution in [0.15, 0.2) is 6.07 Å². The lowest BCUT2D eigenvalue weighted by molar-refractivity contribution is -0.0224. The summed E-state index contributed by atoms with van der Waals surface area (Å²) < 4.78 is 7.60. The highest BCUT2D eigenvalue weighted by atomic mass is 16.5. The highest BCUT2D eigenvalue weighted by molar-refractivity contribution is 5.14. The first-order chi connectivity index (χ1) is 12.3. The number of ether oxygens (including phenoxy) is 1. The molecule has 1 aromatic heterocycles. The Balaban J connectivity index is 1.66. The summed E-state index contributed by atoms with van der Waals surface area (Å²) in [4.78, 5) is 7.08. The van der Waals surface area contributed by atoms with Crippen molar-refractivity contribution in [3.63, 3.8) is 0 Å². The van der Waals surface area contributed by atoms with Crippen LogP contribution in [0.25, 0.3) is 0 Å². The Bertz CT molecular complexity index is 580. The van der Waals surface area contributed by atoms with Crippen molar-refractivity contribution in [1.29, 1.82) is 0 Å². The third-order valence-corrected chi connectivity index (χ3v) is 5.47. The number of rotatable bonds is 6. The molecule has 0 saturated carbocycles. The molecule has 148 valence electrons. The minimum Gasteiger partial charge on any atom is -0.385 e. The van der Waals surface area contributed by atoms with Crippen LogP contribution in [-0.4, -0.2) is 95.2 Å². The lowest BCUT2D eigenvalue weighted by Crippen LogP contribution is -2.55. The van der Waals surface area contributed by atoms with Gasteiger partial charge in [0, 0.05) is 51.4 Å². The van der Waals surface area contributed by atoms with E-state index in [4.69, 9.17) is 4.74 Å². The molecule has 0 bridgehead atoms. The van der Waals surface area contributed by atoms with Gasteiger partial charge in [0.15, 0.2) is 0 Å². The molecule has 0 amide bonds. The van der Waals surface area contributed by atoms with Gasteiger partial charge in [-0.15, -0.1) is 0 Å². The second kappa shape index (κ2) is 8.35. The van der Waals surface area contributed by atoms with E-state index < -0.39 is 6.10 Å². The molecule has 7 nitrogen and oxygen atoms in total. The molecule has 1 fully saturated rings. The number of aryl methyl sites for hydroxylation is 1. The van der Waals surface area contributed by atoms with Gasteiger partial charge in [-0.2, -0.15) is 5.10 Å². The van der Waals surface area contributed by atoms with Crippen LogP contribution in [0.4, 0.5) is 0 Å². The molecule has 7 heteroatoms. The standard InChI is InChI=1S/C19H35N5O2/c1-19(2,23-8-10-26-11-9-23)15-22-6-5-7-24-16(13-22)12-17(20-24)18(25)14-21(3)4/h12,18,25H,5-11,13-15H2,1-4H3. The molecule has 0 radical (unpaired) electrons. The molecule has 0 aromatic carbocycles. The van der Waals surface area contributed by atoms with E-state index in [-0.39, 0.29) is 5.54 Å². The fourth-order valence-corrected chi connectivity index (χ4v) is 4.10. The largest absolute Gasteiger partial charge is 0.385 e. The van der Waals surface area contributed by atoms with E-state index >= 15 is 0 Å². The molecule has 0 aliphatic carbocycles. The van der Waals surface area contributed by atoms with Crippen molar-refractivity contribution in [2.45, 2.75) is 45.0 Å². The van der Waals surface area contributed by atoms with E-state index in [9.17, 15) is 5.11 Å². The third-order valence-electron chi connectivity index (χ3n) is 5.47. The molecule has 26 heavy (non-hydrogen) atoms. The highest BCUT2D eigenvalue weighted by Gasteiger charge is 2.31. The average molecular weight is 366 g/mol. The Morgan fingerprint density at radius 3 is 2.65 bits per heavy atom. The molecule has 0 spiro atoms. The summed E-state index contributed by atoms with van der Waals surface area (Å²) >= 11 is 0. The van der Waals surface area contributed by atoms with Gasteiger partial charge in [-0.3, -0.25) is 14.5 Å². The number of morpholine rings is 1. The molecule has 3 heterocycles. The zero-order chi connectivity index (χ0) is 18.7. The van der Waals surface area contributed by atoms with Gasteiger partial charge in [0.2, 0.25) is 0 Å². The van der Waals surface area contributed by atoms with E-state index in [0.717, 1.165) is 64.6 Å². The summed E-state index contributed by atoms with van der Waals surface area (Å²) in [6.45, 7) is 12.9. The maximum Gasteiger partial charge on any atom is 0.110 e. The number of likely N-dealkylation sites (N-methyl/N-ethyl adjacent to an activating group) is 1. The zero-order valence-corrected chi connectivity index (χ0v) is 16.8. The van der Waals surface area contributed by atoms with Gasteiger partial charge in [0.1, 0.15) is 6.10 Å². The maximum absolute atomic E-state index is 10.4. The number of aliphatic hydroxyl groups is 1. The summed E-state index contributed by atoms with van der Waals surface area (Å²) in [6.07, 6.45) is 0.569. The van der Waals surface area contributed by atoms with Crippen LogP contribution in [-0.2, 0) is 17.8 Å². The first-order valence-corrected chi connectivity index (χ1v) is 9.80. The molecular weight excluding hydrogens is 330 g/mol. The molecular formula is C19H35N5O2. The quantitative estimate of drug-likeness (QED) is 0.805. The summed E-state index contributed by atoms with van der Waals surface area (Å²) in [6, 6.07) is 2.09. The SMILES string of the molecule is CN(C)CC(O)c1cc2n(n1)CCCN(CC(C)(C)N1CCOCC1)C2. The maximum atomic E-state index is 10.4. The van der Waals surface area contributed by atoms with E-state index in [2.05, 4.69) is 39.5 Å². The molecule has 1 aromatic rings. The number of aliphatic hydroxyl groups excluding tert-OH is 1. The van der Waals surface area contributed by atoms with Gasteiger partial charge in [0.05, 0.1) is 24.6 Å². The van der Waals surface area contributed by atoms with E-state index in [1.807, 2.05) is 19.0 Å². The molecule has 1 saturated heterocycles. The lowest BCUT2D eigenvalue weighted by atomic mass is 10.0. The predicted octanol–water partition coefficient (Wildman–Crippen LogP) is 0.795. The molecule has 2 aliphatic heterocycles. The van der Waals surface area contributed by atoms with Crippen molar-refractivity contribution in [3.8, 4) is 0 Å².